The Morgan fingerprint density at radius 1 is 1.05 bits per heavy atom. The van der Waals surface area contributed by atoms with Gasteiger partial charge < -0.3 is 5.32 Å². The van der Waals surface area contributed by atoms with Gasteiger partial charge in [0, 0.05) is 25.3 Å². The molecule has 2 N–H and O–H groups in total. The molecule has 0 bridgehead atoms. The molecule has 0 unspecified atom stereocenters. The molecule has 5 nitrogen and oxygen atoms in total. The number of rotatable bonds is 5. The monoisotopic (exact) mass is 297 g/mol. The SMILES string of the molecule is CNCc1ccc(NS(=O)(=O)N2CCCCCC2)cc1. The van der Waals surface area contributed by atoms with Gasteiger partial charge in [-0.25, -0.2) is 0 Å². The van der Waals surface area contributed by atoms with E-state index in [2.05, 4.69) is 10.0 Å². The number of benzene rings is 1. The Morgan fingerprint density at radius 3 is 2.20 bits per heavy atom. The van der Waals surface area contributed by atoms with Crippen LogP contribution in [0.15, 0.2) is 24.3 Å². The zero-order valence-corrected chi connectivity index (χ0v) is 12.7. The summed E-state index contributed by atoms with van der Waals surface area (Å²) >= 11 is 0. The Labute approximate surface area is 121 Å². The van der Waals surface area contributed by atoms with Crippen LogP contribution in [-0.2, 0) is 16.8 Å². The zero-order valence-electron chi connectivity index (χ0n) is 11.9. The van der Waals surface area contributed by atoms with Crippen LogP contribution in [-0.4, -0.2) is 32.9 Å². The van der Waals surface area contributed by atoms with Crippen LogP contribution in [0.25, 0.3) is 0 Å². The number of nitrogens with one attached hydrogen (secondary N) is 2. The van der Waals surface area contributed by atoms with Crippen molar-refractivity contribution >= 4 is 15.9 Å². The molecule has 1 aliphatic heterocycles. The first-order valence-corrected chi connectivity index (χ1v) is 8.57. The molecular weight excluding hydrogens is 274 g/mol. The standard InChI is InChI=1S/C14H23N3O2S/c1-15-12-13-6-8-14(9-7-13)16-20(18,19)17-10-4-2-3-5-11-17/h6-9,15-16H,2-5,10-12H2,1H3. The normalized spacial score (nSPS) is 17.6. The largest absolute Gasteiger partial charge is 0.316 e. The smallest absolute Gasteiger partial charge is 0.301 e. The Morgan fingerprint density at radius 2 is 1.65 bits per heavy atom. The number of hydrogen-bond donors (Lipinski definition) is 2. The minimum absolute atomic E-state index is 0.618. The highest BCUT2D eigenvalue weighted by Gasteiger charge is 2.22. The first-order valence-electron chi connectivity index (χ1n) is 7.13. The van der Waals surface area contributed by atoms with Crippen LogP contribution in [0.1, 0.15) is 31.2 Å². The summed E-state index contributed by atoms with van der Waals surface area (Å²) in [6.07, 6.45) is 4.12. The Bertz CT molecular complexity index is 506. The lowest BCUT2D eigenvalue weighted by Crippen LogP contribution is -2.36. The van der Waals surface area contributed by atoms with Gasteiger partial charge in [0.05, 0.1) is 0 Å². The van der Waals surface area contributed by atoms with E-state index in [-0.39, 0.29) is 0 Å². The van der Waals surface area contributed by atoms with Crippen molar-refractivity contribution in [2.45, 2.75) is 32.2 Å². The highest BCUT2D eigenvalue weighted by atomic mass is 32.2. The van der Waals surface area contributed by atoms with Gasteiger partial charge in [0.25, 0.3) is 0 Å². The number of anilines is 1. The fourth-order valence-corrected chi connectivity index (χ4v) is 3.69. The predicted octanol–water partition coefficient (Wildman–Crippen LogP) is 1.94. The summed E-state index contributed by atoms with van der Waals surface area (Å²) in [7, 11) is -1.53. The van der Waals surface area contributed by atoms with Gasteiger partial charge in [-0.1, -0.05) is 25.0 Å². The molecule has 6 heteroatoms. The van der Waals surface area contributed by atoms with Crippen molar-refractivity contribution in [2.75, 3.05) is 24.9 Å². The van der Waals surface area contributed by atoms with Gasteiger partial charge in [-0.2, -0.15) is 12.7 Å². The van der Waals surface area contributed by atoms with Gasteiger partial charge in [-0.05, 0) is 37.6 Å². The van der Waals surface area contributed by atoms with Crippen LogP contribution in [0, 0.1) is 0 Å². The maximum absolute atomic E-state index is 12.3. The topological polar surface area (TPSA) is 61.4 Å². The third-order valence-electron chi connectivity index (χ3n) is 3.49. The lowest BCUT2D eigenvalue weighted by atomic mass is 10.2. The molecule has 0 radical (unpaired) electrons. The van der Waals surface area contributed by atoms with Crippen molar-refractivity contribution in [3.8, 4) is 0 Å². The van der Waals surface area contributed by atoms with Crippen molar-refractivity contribution < 1.29 is 8.42 Å². The minimum atomic E-state index is -3.42. The molecule has 0 spiro atoms. The second-order valence-electron chi connectivity index (χ2n) is 5.15. The maximum Gasteiger partial charge on any atom is 0.301 e. The fraction of sp³-hybridized carbons (Fsp3) is 0.571. The van der Waals surface area contributed by atoms with E-state index in [1.54, 1.807) is 4.31 Å². The molecule has 1 aliphatic rings. The lowest BCUT2D eigenvalue weighted by Gasteiger charge is -2.20. The molecule has 1 aromatic rings. The molecule has 0 atom stereocenters. The third kappa shape index (κ3) is 4.19. The van der Waals surface area contributed by atoms with Crippen LogP contribution in [0.2, 0.25) is 0 Å². The molecule has 112 valence electrons. The summed E-state index contributed by atoms with van der Waals surface area (Å²) in [6.45, 7) is 2.01. The molecule has 1 heterocycles. The van der Waals surface area contributed by atoms with E-state index in [0.29, 0.717) is 18.8 Å². The van der Waals surface area contributed by atoms with E-state index in [9.17, 15) is 8.42 Å². The van der Waals surface area contributed by atoms with E-state index in [1.807, 2.05) is 31.3 Å². The van der Waals surface area contributed by atoms with Crippen LogP contribution in [0.4, 0.5) is 5.69 Å². The third-order valence-corrected chi connectivity index (χ3v) is 5.03. The second kappa shape index (κ2) is 7.06. The molecular formula is C14H23N3O2S. The summed E-state index contributed by atoms with van der Waals surface area (Å²) in [5, 5.41) is 3.06. The number of hydrogen-bond acceptors (Lipinski definition) is 3. The van der Waals surface area contributed by atoms with Gasteiger partial charge in [0.15, 0.2) is 0 Å². The van der Waals surface area contributed by atoms with Crippen molar-refractivity contribution in [1.82, 2.24) is 9.62 Å². The number of nitrogens with zero attached hydrogens (tertiary/aromatic N) is 1. The quantitative estimate of drug-likeness (QED) is 0.873. The second-order valence-corrected chi connectivity index (χ2v) is 6.82. The van der Waals surface area contributed by atoms with Crippen molar-refractivity contribution in [3.63, 3.8) is 0 Å². The summed E-state index contributed by atoms with van der Waals surface area (Å²) in [6, 6.07) is 7.47. The van der Waals surface area contributed by atoms with Gasteiger partial charge >= 0.3 is 10.2 Å². The Balaban J connectivity index is 2.03. The molecule has 0 aromatic heterocycles. The van der Waals surface area contributed by atoms with Crippen molar-refractivity contribution in [1.29, 1.82) is 0 Å². The first-order chi connectivity index (χ1) is 9.62. The van der Waals surface area contributed by atoms with Crippen molar-refractivity contribution in [2.24, 2.45) is 0 Å². The molecule has 0 saturated carbocycles. The lowest BCUT2D eigenvalue weighted by molar-refractivity contribution is 0.427. The van der Waals surface area contributed by atoms with Crippen LogP contribution in [0.3, 0.4) is 0 Å². The fourth-order valence-electron chi connectivity index (χ4n) is 2.39. The van der Waals surface area contributed by atoms with E-state index < -0.39 is 10.2 Å². The van der Waals surface area contributed by atoms with Gasteiger partial charge in [0.1, 0.15) is 0 Å². The zero-order chi connectivity index (χ0) is 14.4. The average molecular weight is 297 g/mol. The minimum Gasteiger partial charge on any atom is -0.316 e. The summed E-state index contributed by atoms with van der Waals surface area (Å²) in [4.78, 5) is 0. The van der Waals surface area contributed by atoms with E-state index in [0.717, 1.165) is 37.8 Å². The van der Waals surface area contributed by atoms with Crippen LogP contribution >= 0.6 is 0 Å². The van der Waals surface area contributed by atoms with E-state index in [4.69, 9.17) is 0 Å². The summed E-state index contributed by atoms with van der Waals surface area (Å²) in [5.41, 5.74) is 1.75. The average Bonchev–Trinajstić information content (AvgIpc) is 2.70. The van der Waals surface area contributed by atoms with Gasteiger partial charge in [-0.3, -0.25) is 4.72 Å². The highest BCUT2D eigenvalue weighted by molar-refractivity contribution is 7.90. The molecule has 1 aromatic carbocycles. The summed E-state index contributed by atoms with van der Waals surface area (Å²) < 4.78 is 28.9. The first kappa shape index (κ1) is 15.3. The predicted molar refractivity (Wildman–Crippen MR) is 81.8 cm³/mol. The van der Waals surface area contributed by atoms with Crippen LogP contribution < -0.4 is 10.0 Å². The van der Waals surface area contributed by atoms with Gasteiger partial charge in [-0.15, -0.1) is 0 Å². The highest BCUT2D eigenvalue weighted by Crippen LogP contribution is 2.17. The van der Waals surface area contributed by atoms with E-state index in [1.165, 1.54) is 0 Å². The molecule has 1 fully saturated rings. The summed E-state index contributed by atoms with van der Waals surface area (Å²) in [5.74, 6) is 0. The molecule has 20 heavy (non-hydrogen) atoms. The molecule has 0 amide bonds. The van der Waals surface area contributed by atoms with Crippen molar-refractivity contribution in [3.05, 3.63) is 29.8 Å². The van der Waals surface area contributed by atoms with Gasteiger partial charge in [0.2, 0.25) is 0 Å². The maximum atomic E-state index is 12.3. The molecule has 2 rings (SSSR count). The molecule has 1 saturated heterocycles. The van der Waals surface area contributed by atoms with E-state index >= 15 is 0 Å². The Hall–Kier alpha value is -1.11. The Kier molecular flexibility index (Phi) is 5.39. The molecule has 0 aliphatic carbocycles. The van der Waals surface area contributed by atoms with Crippen LogP contribution in [0.5, 0.6) is 0 Å².